The molecule has 3 atom stereocenters. The molecule has 3 unspecified atom stereocenters. The highest BCUT2D eigenvalue weighted by atomic mass is 16.1. The molecule has 1 heteroatoms. The van der Waals surface area contributed by atoms with E-state index in [1.54, 1.807) is 0 Å². The summed E-state index contributed by atoms with van der Waals surface area (Å²) in [7, 11) is 0. The van der Waals surface area contributed by atoms with E-state index < -0.39 is 0 Å². The normalized spacial score (nSPS) is 37.1. The number of benzene rings is 1. The number of hydrogen-bond donors (Lipinski definition) is 0. The minimum atomic E-state index is -0.134. The molecule has 15 heavy (non-hydrogen) atoms. The van der Waals surface area contributed by atoms with Gasteiger partial charge < -0.3 is 4.79 Å². The standard InChI is InChI=1S/C14H14O/c15-10-14-7-6-12(8-14)13(9-14)11-4-2-1-3-5-11/h1-7,10,12-13H,8-9H2. The molecule has 1 fully saturated rings. The Morgan fingerprint density at radius 1 is 1.20 bits per heavy atom. The van der Waals surface area contributed by atoms with Gasteiger partial charge >= 0.3 is 0 Å². The zero-order chi connectivity index (χ0) is 10.3. The predicted octanol–water partition coefficient (Wildman–Crippen LogP) is 2.94. The second-order valence-electron chi connectivity index (χ2n) is 4.80. The van der Waals surface area contributed by atoms with Crippen LogP contribution in [-0.2, 0) is 4.79 Å². The van der Waals surface area contributed by atoms with E-state index in [0.717, 1.165) is 19.1 Å². The molecule has 1 aromatic carbocycles. The van der Waals surface area contributed by atoms with Gasteiger partial charge in [-0.2, -0.15) is 0 Å². The molecule has 0 saturated heterocycles. The fourth-order valence-electron chi connectivity index (χ4n) is 3.08. The minimum Gasteiger partial charge on any atom is -0.302 e. The van der Waals surface area contributed by atoms with Crippen LogP contribution in [0.3, 0.4) is 0 Å². The van der Waals surface area contributed by atoms with Crippen LogP contribution >= 0.6 is 0 Å². The average Bonchev–Trinajstić information content (AvgIpc) is 2.88. The first kappa shape index (κ1) is 8.90. The number of fused-ring (bicyclic) bond motifs is 2. The van der Waals surface area contributed by atoms with Gasteiger partial charge in [-0.3, -0.25) is 0 Å². The molecule has 0 aliphatic heterocycles. The Morgan fingerprint density at radius 3 is 2.67 bits per heavy atom. The van der Waals surface area contributed by atoms with Crippen molar-refractivity contribution in [3.8, 4) is 0 Å². The molecule has 2 aliphatic carbocycles. The number of hydrogen-bond acceptors (Lipinski definition) is 1. The first-order chi connectivity index (χ1) is 7.33. The molecule has 0 heterocycles. The molecule has 2 aliphatic rings. The highest BCUT2D eigenvalue weighted by Gasteiger charge is 2.47. The minimum absolute atomic E-state index is 0.134. The van der Waals surface area contributed by atoms with E-state index in [0.29, 0.717) is 11.8 Å². The maximum Gasteiger partial charge on any atom is 0.129 e. The summed E-state index contributed by atoms with van der Waals surface area (Å²) < 4.78 is 0. The van der Waals surface area contributed by atoms with Crippen LogP contribution in [0.2, 0.25) is 0 Å². The van der Waals surface area contributed by atoms with Crippen LogP contribution in [0.4, 0.5) is 0 Å². The third-order valence-corrected chi connectivity index (χ3v) is 3.87. The molecule has 0 amide bonds. The van der Waals surface area contributed by atoms with Gasteiger partial charge in [-0.25, -0.2) is 0 Å². The fourth-order valence-corrected chi connectivity index (χ4v) is 3.08. The lowest BCUT2D eigenvalue weighted by atomic mass is 9.82. The van der Waals surface area contributed by atoms with Gasteiger partial charge in [-0.05, 0) is 30.2 Å². The van der Waals surface area contributed by atoms with Gasteiger partial charge in [-0.1, -0.05) is 42.5 Å². The van der Waals surface area contributed by atoms with Crippen molar-refractivity contribution >= 4 is 6.29 Å². The van der Waals surface area contributed by atoms with Crippen LogP contribution in [0, 0.1) is 11.3 Å². The first-order valence-electron chi connectivity index (χ1n) is 5.54. The largest absolute Gasteiger partial charge is 0.302 e. The molecule has 1 aromatic rings. The predicted molar refractivity (Wildman–Crippen MR) is 59.5 cm³/mol. The first-order valence-corrected chi connectivity index (χ1v) is 5.54. The summed E-state index contributed by atoms with van der Waals surface area (Å²) in [6.45, 7) is 0. The summed E-state index contributed by atoms with van der Waals surface area (Å²) in [5, 5.41) is 0. The van der Waals surface area contributed by atoms with Crippen LogP contribution in [-0.4, -0.2) is 6.29 Å². The summed E-state index contributed by atoms with van der Waals surface area (Å²) in [6, 6.07) is 10.6. The summed E-state index contributed by atoms with van der Waals surface area (Å²) in [5.41, 5.74) is 1.25. The van der Waals surface area contributed by atoms with E-state index in [2.05, 4.69) is 36.4 Å². The Bertz CT molecular complexity index is 407. The zero-order valence-corrected chi connectivity index (χ0v) is 8.60. The Morgan fingerprint density at radius 2 is 2.00 bits per heavy atom. The van der Waals surface area contributed by atoms with E-state index in [4.69, 9.17) is 0 Å². The molecule has 2 bridgehead atoms. The second kappa shape index (κ2) is 3.06. The highest BCUT2D eigenvalue weighted by Crippen LogP contribution is 2.55. The van der Waals surface area contributed by atoms with Crippen molar-refractivity contribution < 1.29 is 4.79 Å². The summed E-state index contributed by atoms with van der Waals surface area (Å²) in [5.74, 6) is 1.14. The fraction of sp³-hybridized carbons (Fsp3) is 0.357. The summed E-state index contributed by atoms with van der Waals surface area (Å²) in [4.78, 5) is 11.1. The molecule has 0 spiro atoms. The van der Waals surface area contributed by atoms with E-state index in [1.165, 1.54) is 5.56 Å². The average molecular weight is 198 g/mol. The lowest BCUT2D eigenvalue weighted by molar-refractivity contribution is -0.113. The molecular weight excluding hydrogens is 184 g/mol. The van der Waals surface area contributed by atoms with Crippen molar-refractivity contribution in [3.63, 3.8) is 0 Å². The van der Waals surface area contributed by atoms with Gasteiger partial charge in [0.1, 0.15) is 6.29 Å². The van der Waals surface area contributed by atoms with E-state index in [9.17, 15) is 4.79 Å². The van der Waals surface area contributed by atoms with Gasteiger partial charge in [0.2, 0.25) is 0 Å². The molecule has 76 valence electrons. The lowest BCUT2D eigenvalue weighted by Crippen LogP contribution is -2.14. The Kier molecular flexibility index (Phi) is 1.82. The van der Waals surface area contributed by atoms with Crippen molar-refractivity contribution in [2.75, 3.05) is 0 Å². The van der Waals surface area contributed by atoms with Crippen molar-refractivity contribution in [1.29, 1.82) is 0 Å². The number of carbonyl (C=O) groups is 1. The molecular formula is C14H14O. The van der Waals surface area contributed by atoms with Crippen LogP contribution in [0.25, 0.3) is 0 Å². The van der Waals surface area contributed by atoms with Crippen molar-refractivity contribution in [1.82, 2.24) is 0 Å². The molecule has 0 aromatic heterocycles. The topological polar surface area (TPSA) is 17.1 Å². The van der Waals surface area contributed by atoms with Gasteiger partial charge in [0.05, 0.1) is 0 Å². The maximum atomic E-state index is 11.1. The summed E-state index contributed by atoms with van der Waals surface area (Å²) in [6.07, 6.45) is 7.52. The number of rotatable bonds is 2. The zero-order valence-electron chi connectivity index (χ0n) is 8.60. The van der Waals surface area contributed by atoms with Crippen molar-refractivity contribution in [2.45, 2.75) is 18.8 Å². The molecule has 0 radical (unpaired) electrons. The molecule has 1 nitrogen and oxygen atoms in total. The van der Waals surface area contributed by atoms with Crippen LogP contribution in [0.1, 0.15) is 24.3 Å². The van der Waals surface area contributed by atoms with Crippen LogP contribution in [0.5, 0.6) is 0 Å². The third kappa shape index (κ3) is 1.26. The van der Waals surface area contributed by atoms with Crippen molar-refractivity contribution in [2.24, 2.45) is 11.3 Å². The quantitative estimate of drug-likeness (QED) is 0.527. The highest BCUT2D eigenvalue weighted by molar-refractivity contribution is 5.66. The number of aldehydes is 1. The van der Waals surface area contributed by atoms with Crippen molar-refractivity contribution in [3.05, 3.63) is 48.0 Å². The number of allylic oxidation sites excluding steroid dienone is 2. The van der Waals surface area contributed by atoms with E-state index in [-0.39, 0.29) is 5.41 Å². The SMILES string of the molecule is O=CC12C=CC(C1)C(c1ccccc1)C2. The van der Waals surface area contributed by atoms with Crippen LogP contribution in [0.15, 0.2) is 42.5 Å². The van der Waals surface area contributed by atoms with Gasteiger partial charge in [0.15, 0.2) is 0 Å². The maximum absolute atomic E-state index is 11.1. The van der Waals surface area contributed by atoms with Gasteiger partial charge in [-0.15, -0.1) is 0 Å². The van der Waals surface area contributed by atoms with Gasteiger partial charge in [0.25, 0.3) is 0 Å². The third-order valence-electron chi connectivity index (χ3n) is 3.87. The Balaban J connectivity index is 1.94. The van der Waals surface area contributed by atoms with E-state index >= 15 is 0 Å². The number of carbonyl (C=O) groups excluding carboxylic acids is 1. The smallest absolute Gasteiger partial charge is 0.129 e. The second-order valence-corrected chi connectivity index (χ2v) is 4.80. The monoisotopic (exact) mass is 198 g/mol. The van der Waals surface area contributed by atoms with Crippen LogP contribution < -0.4 is 0 Å². The van der Waals surface area contributed by atoms with Gasteiger partial charge in [0, 0.05) is 5.41 Å². The lowest BCUT2D eigenvalue weighted by Gasteiger charge is -2.21. The molecule has 0 N–H and O–H groups in total. The summed E-state index contributed by atoms with van der Waals surface area (Å²) >= 11 is 0. The Hall–Kier alpha value is -1.37. The molecule has 1 saturated carbocycles. The Labute approximate surface area is 89.8 Å². The molecule has 3 rings (SSSR count). The van der Waals surface area contributed by atoms with E-state index in [1.807, 2.05) is 6.07 Å².